The number of guanidine groups is 1. The maximum Gasteiger partial charge on any atom is 0.198 e. The maximum atomic E-state index is 11.8. The predicted molar refractivity (Wildman–Crippen MR) is 111 cm³/mol. The molecule has 0 radical (unpaired) electrons. The molecule has 1 unspecified atom stereocenters. The van der Waals surface area contributed by atoms with E-state index >= 15 is 0 Å². The summed E-state index contributed by atoms with van der Waals surface area (Å²) >= 11 is 0. The fraction of sp³-hybridized carbons (Fsp3) is 0.667. The largest absolute Gasteiger partial charge is 0.353 e. The Balaban J connectivity index is 1.62. The van der Waals surface area contributed by atoms with Gasteiger partial charge in [0.2, 0.25) is 0 Å². The molecule has 0 aromatic heterocycles. The van der Waals surface area contributed by atoms with Crippen molar-refractivity contribution in [1.82, 2.24) is 5.32 Å². The van der Waals surface area contributed by atoms with Gasteiger partial charge in [0.05, 0.1) is 11.5 Å². The van der Waals surface area contributed by atoms with E-state index in [1.807, 2.05) is 0 Å². The highest BCUT2D eigenvalue weighted by Crippen LogP contribution is 2.45. The van der Waals surface area contributed by atoms with Gasteiger partial charge in [-0.2, -0.15) is 0 Å². The average Bonchev–Trinajstić information content (AvgIpc) is 3.33. The Kier molecular flexibility index (Phi) is 4.95. The molecule has 27 heavy (non-hydrogen) atoms. The highest BCUT2D eigenvalue weighted by atomic mass is 32.2. The van der Waals surface area contributed by atoms with Gasteiger partial charge < -0.3 is 10.2 Å². The van der Waals surface area contributed by atoms with Crippen LogP contribution < -0.4 is 10.2 Å². The van der Waals surface area contributed by atoms with Crippen LogP contribution in [0.15, 0.2) is 29.3 Å². The number of hydrogen-bond acceptors (Lipinski definition) is 3. The van der Waals surface area contributed by atoms with Crippen LogP contribution in [-0.2, 0) is 15.3 Å². The second-order valence-electron chi connectivity index (χ2n) is 8.44. The highest BCUT2D eigenvalue weighted by Gasteiger charge is 2.42. The number of nitrogens with zero attached hydrogens (tertiary/aromatic N) is 2. The number of sulfone groups is 1. The summed E-state index contributed by atoms with van der Waals surface area (Å²) in [5, 5.41) is 3.63. The first-order valence-corrected chi connectivity index (χ1v) is 12.2. The van der Waals surface area contributed by atoms with Crippen molar-refractivity contribution in [3.8, 4) is 0 Å². The second kappa shape index (κ2) is 7.12. The van der Waals surface area contributed by atoms with Crippen molar-refractivity contribution in [2.24, 2.45) is 10.9 Å². The van der Waals surface area contributed by atoms with Crippen LogP contribution in [-0.4, -0.2) is 45.0 Å². The van der Waals surface area contributed by atoms with Crippen molar-refractivity contribution in [3.05, 3.63) is 29.8 Å². The molecule has 0 bridgehead atoms. The summed E-state index contributed by atoms with van der Waals surface area (Å²) in [6.45, 7) is 6.09. The van der Waals surface area contributed by atoms with E-state index in [0.717, 1.165) is 31.8 Å². The predicted octanol–water partition coefficient (Wildman–Crippen LogP) is 3.11. The van der Waals surface area contributed by atoms with E-state index in [9.17, 15) is 8.42 Å². The molecule has 0 amide bonds. The van der Waals surface area contributed by atoms with Crippen molar-refractivity contribution in [2.75, 3.05) is 29.5 Å². The lowest BCUT2D eigenvalue weighted by atomic mass is 9.78. The Morgan fingerprint density at radius 2 is 1.96 bits per heavy atom. The molecule has 2 fully saturated rings. The molecule has 1 aromatic rings. The number of aliphatic imine (C=N–C) groups is 1. The van der Waals surface area contributed by atoms with Crippen LogP contribution in [0.1, 0.15) is 51.5 Å². The molecule has 3 aliphatic rings. The van der Waals surface area contributed by atoms with E-state index in [2.05, 4.69) is 48.3 Å². The smallest absolute Gasteiger partial charge is 0.198 e. The number of hydrogen-bond donors (Lipinski definition) is 1. The third-order valence-electron chi connectivity index (χ3n) is 6.57. The lowest BCUT2D eigenvalue weighted by Crippen LogP contribution is -2.45. The van der Waals surface area contributed by atoms with E-state index in [4.69, 9.17) is 4.99 Å². The molecule has 6 heteroatoms. The van der Waals surface area contributed by atoms with Gasteiger partial charge in [0, 0.05) is 30.2 Å². The summed E-state index contributed by atoms with van der Waals surface area (Å²) < 4.78 is 23.6. The van der Waals surface area contributed by atoms with Gasteiger partial charge in [-0.05, 0) is 49.7 Å². The van der Waals surface area contributed by atoms with Gasteiger partial charge in [-0.25, -0.2) is 8.42 Å². The fourth-order valence-corrected chi connectivity index (χ4v) is 6.37. The summed E-state index contributed by atoms with van der Waals surface area (Å²) in [5.41, 5.74) is 2.84. The second-order valence-corrected chi connectivity index (χ2v) is 10.7. The summed E-state index contributed by atoms with van der Waals surface area (Å²) in [6.07, 6.45) is 5.34. The van der Waals surface area contributed by atoms with Gasteiger partial charge >= 0.3 is 0 Å². The molecule has 1 aromatic carbocycles. The van der Waals surface area contributed by atoms with Crippen LogP contribution in [0, 0.1) is 5.92 Å². The van der Waals surface area contributed by atoms with Crippen LogP contribution in [0.5, 0.6) is 0 Å². The molecule has 1 saturated carbocycles. The number of rotatable bonds is 5. The zero-order valence-corrected chi connectivity index (χ0v) is 17.3. The summed E-state index contributed by atoms with van der Waals surface area (Å²) in [5.74, 6) is 1.71. The number of nitrogens with one attached hydrogen (secondary N) is 1. The van der Waals surface area contributed by atoms with Gasteiger partial charge in [0.1, 0.15) is 0 Å². The first-order valence-electron chi connectivity index (χ1n) is 10.3. The van der Waals surface area contributed by atoms with Crippen LogP contribution in [0.2, 0.25) is 0 Å². The van der Waals surface area contributed by atoms with Crippen molar-refractivity contribution in [1.29, 1.82) is 0 Å². The topological polar surface area (TPSA) is 61.8 Å². The van der Waals surface area contributed by atoms with E-state index < -0.39 is 9.84 Å². The molecule has 1 saturated heterocycles. The molecule has 2 heterocycles. The SMILES string of the molecule is CCC1(CC)CN(C(=NCC2CCS(=O)(=O)C2)NC2CC2)c2ccccc21. The number of benzene rings is 1. The van der Waals surface area contributed by atoms with Gasteiger partial charge in [-0.3, -0.25) is 4.99 Å². The number of fused-ring (bicyclic) bond motifs is 1. The van der Waals surface area contributed by atoms with Crippen LogP contribution >= 0.6 is 0 Å². The van der Waals surface area contributed by atoms with E-state index in [0.29, 0.717) is 18.3 Å². The highest BCUT2D eigenvalue weighted by molar-refractivity contribution is 7.91. The number of para-hydroxylation sites is 1. The fourth-order valence-electron chi connectivity index (χ4n) is 4.52. The van der Waals surface area contributed by atoms with Crippen LogP contribution in [0.3, 0.4) is 0 Å². The molecular weight excluding hydrogens is 358 g/mol. The molecule has 2 aliphatic heterocycles. The van der Waals surface area contributed by atoms with Crippen molar-refractivity contribution in [2.45, 2.75) is 57.4 Å². The Labute approximate surface area is 163 Å². The van der Waals surface area contributed by atoms with Crippen molar-refractivity contribution >= 4 is 21.5 Å². The lowest BCUT2D eigenvalue weighted by Gasteiger charge is -2.29. The monoisotopic (exact) mass is 389 g/mol. The minimum Gasteiger partial charge on any atom is -0.353 e. The molecule has 5 nitrogen and oxygen atoms in total. The normalized spacial score (nSPS) is 26.2. The lowest BCUT2D eigenvalue weighted by molar-refractivity contribution is 0.428. The van der Waals surface area contributed by atoms with Crippen molar-refractivity contribution in [3.63, 3.8) is 0 Å². The van der Waals surface area contributed by atoms with Crippen LogP contribution in [0.25, 0.3) is 0 Å². The van der Waals surface area contributed by atoms with Crippen molar-refractivity contribution < 1.29 is 8.42 Å². The molecule has 4 rings (SSSR count). The summed E-state index contributed by atoms with van der Waals surface area (Å²) in [4.78, 5) is 7.28. The molecule has 148 valence electrons. The average molecular weight is 390 g/mol. The maximum absolute atomic E-state index is 11.8. The Bertz CT molecular complexity index is 826. The van der Waals surface area contributed by atoms with E-state index in [1.54, 1.807) is 0 Å². The van der Waals surface area contributed by atoms with E-state index in [1.165, 1.54) is 24.1 Å². The first kappa shape index (κ1) is 18.8. The van der Waals surface area contributed by atoms with Gasteiger partial charge in [0.25, 0.3) is 0 Å². The van der Waals surface area contributed by atoms with Gasteiger partial charge in [-0.1, -0.05) is 32.0 Å². The minimum atomic E-state index is -2.85. The molecular formula is C21H31N3O2S. The Morgan fingerprint density at radius 1 is 1.22 bits per heavy atom. The zero-order valence-electron chi connectivity index (χ0n) is 16.4. The van der Waals surface area contributed by atoms with Gasteiger partial charge in [0.15, 0.2) is 15.8 Å². The Morgan fingerprint density at radius 3 is 2.59 bits per heavy atom. The van der Waals surface area contributed by atoms with E-state index in [-0.39, 0.29) is 17.1 Å². The molecule has 1 aliphatic carbocycles. The first-order chi connectivity index (χ1) is 13.0. The quantitative estimate of drug-likeness (QED) is 0.621. The zero-order chi connectivity index (χ0) is 19.1. The molecule has 1 atom stereocenters. The molecule has 1 N–H and O–H groups in total. The standard InChI is InChI=1S/C21H31N3O2S/c1-3-21(4-2)15-24(19-8-6-5-7-18(19)21)20(23-17-9-10-17)22-13-16-11-12-27(25,26)14-16/h5-8,16-17H,3-4,9-15H2,1-2H3,(H,22,23). The Hall–Kier alpha value is -1.56. The van der Waals surface area contributed by atoms with Gasteiger partial charge in [-0.15, -0.1) is 0 Å². The summed E-state index contributed by atoms with van der Waals surface area (Å²) in [7, 11) is -2.85. The number of anilines is 1. The third kappa shape index (κ3) is 3.73. The van der Waals surface area contributed by atoms with Crippen LogP contribution in [0.4, 0.5) is 5.69 Å². The minimum absolute atomic E-state index is 0.158. The third-order valence-corrected chi connectivity index (χ3v) is 8.41. The molecule has 0 spiro atoms. The summed E-state index contributed by atoms with van der Waals surface area (Å²) in [6, 6.07) is 9.22.